The molecule has 0 aliphatic heterocycles. The van der Waals surface area contributed by atoms with Gasteiger partial charge in [-0.25, -0.2) is 0 Å². The van der Waals surface area contributed by atoms with Crippen LogP contribution in [0, 0.1) is 0 Å². The van der Waals surface area contributed by atoms with Gasteiger partial charge in [0.2, 0.25) is 0 Å². The van der Waals surface area contributed by atoms with Gasteiger partial charge in [0.15, 0.2) is 6.10 Å². The lowest BCUT2D eigenvalue weighted by molar-refractivity contribution is -0.167. The topological polar surface area (TPSA) is 78.9 Å². The van der Waals surface area contributed by atoms with Gasteiger partial charge >= 0.3 is 17.9 Å². The summed E-state index contributed by atoms with van der Waals surface area (Å²) in [5.41, 5.74) is 0. The molecule has 0 bridgehead atoms. The SMILES string of the molecule is CC/C=C\C/C=C\C/C=C\C/C=C\C/C=C\C/C=C\C/C=C\C/C=C\CCCCCCCCC(=O)OCC(COC(=O)CCCCCCCC)OC(=O)CCCCCCCCCCCCCCCCCCCCCCC. The van der Waals surface area contributed by atoms with E-state index in [0.29, 0.717) is 19.3 Å². The van der Waals surface area contributed by atoms with Gasteiger partial charge in [-0.15, -0.1) is 0 Å². The first-order chi connectivity index (χ1) is 37.5. The summed E-state index contributed by atoms with van der Waals surface area (Å²) >= 11 is 0. The van der Waals surface area contributed by atoms with E-state index in [-0.39, 0.29) is 31.1 Å². The van der Waals surface area contributed by atoms with Gasteiger partial charge in [-0.3, -0.25) is 14.4 Å². The molecular weight excluding hydrogens is 937 g/mol. The lowest BCUT2D eigenvalue weighted by Gasteiger charge is -2.18. The Bertz CT molecular complexity index is 1490. The third-order valence-electron chi connectivity index (χ3n) is 13.9. The number of carbonyl (C=O) groups excluding carboxylic acids is 3. The van der Waals surface area contributed by atoms with Gasteiger partial charge in [0.25, 0.3) is 0 Å². The second-order valence-corrected chi connectivity index (χ2v) is 21.3. The standard InChI is InChI=1S/C70H120O6/c1-4-7-10-13-16-18-20-22-24-26-28-30-31-32-33-34-35-36-37-38-39-41-42-44-46-48-50-52-54-57-60-63-69(72)75-66-67(65-74-68(71)62-59-56-15-12-9-6-3)76-70(73)64-61-58-55-53-51-49-47-45-43-40-29-27-25-23-21-19-17-14-11-8-5-2/h7,10,16,18,22,24,28,30,32-33,35-36,38-39,42,44,67H,4-6,8-9,11-15,17,19-21,23,25-27,29,31,34,37,40-41,43,45-66H2,1-3H3/b10-7-,18-16-,24-22-,30-28-,33-32-,36-35-,39-38-,44-42-. The van der Waals surface area contributed by atoms with Crippen LogP contribution in [0.5, 0.6) is 0 Å². The fraction of sp³-hybridized carbons (Fsp3) is 0.729. The first-order valence-corrected chi connectivity index (χ1v) is 32.2. The second kappa shape index (κ2) is 63.9. The van der Waals surface area contributed by atoms with Crippen molar-refractivity contribution in [3.63, 3.8) is 0 Å². The van der Waals surface area contributed by atoms with Crippen molar-refractivity contribution >= 4 is 17.9 Å². The van der Waals surface area contributed by atoms with Crippen LogP contribution < -0.4 is 0 Å². The molecule has 0 N–H and O–H groups in total. The summed E-state index contributed by atoms with van der Waals surface area (Å²) < 4.78 is 16.8. The molecule has 0 aromatic heterocycles. The monoisotopic (exact) mass is 1060 g/mol. The zero-order valence-corrected chi connectivity index (χ0v) is 50.0. The highest BCUT2D eigenvalue weighted by molar-refractivity contribution is 5.71. The molecule has 0 heterocycles. The van der Waals surface area contributed by atoms with E-state index in [0.717, 1.165) is 122 Å². The number of allylic oxidation sites excluding steroid dienone is 16. The number of ether oxygens (including phenoxy) is 3. The Morgan fingerprint density at radius 1 is 0.276 bits per heavy atom. The van der Waals surface area contributed by atoms with Crippen LogP contribution in [0.25, 0.3) is 0 Å². The highest BCUT2D eigenvalue weighted by Crippen LogP contribution is 2.17. The van der Waals surface area contributed by atoms with Gasteiger partial charge in [0, 0.05) is 19.3 Å². The number of hydrogen-bond donors (Lipinski definition) is 0. The van der Waals surface area contributed by atoms with E-state index in [4.69, 9.17) is 14.2 Å². The van der Waals surface area contributed by atoms with E-state index < -0.39 is 6.10 Å². The largest absolute Gasteiger partial charge is 0.462 e. The summed E-state index contributed by atoms with van der Waals surface area (Å²) in [6, 6.07) is 0. The number of hydrogen-bond acceptors (Lipinski definition) is 6. The second-order valence-electron chi connectivity index (χ2n) is 21.3. The molecule has 6 nitrogen and oxygen atoms in total. The minimum absolute atomic E-state index is 0.0794. The number of unbranched alkanes of at least 4 members (excludes halogenated alkanes) is 31. The molecule has 0 amide bonds. The van der Waals surface area contributed by atoms with Crippen LogP contribution in [-0.4, -0.2) is 37.2 Å². The molecule has 76 heavy (non-hydrogen) atoms. The summed E-state index contributed by atoms with van der Waals surface area (Å²) in [5, 5.41) is 0. The smallest absolute Gasteiger partial charge is 0.306 e. The average molecular weight is 1060 g/mol. The number of carbonyl (C=O) groups is 3. The Balaban J connectivity index is 4.13. The maximum Gasteiger partial charge on any atom is 0.306 e. The van der Waals surface area contributed by atoms with Crippen LogP contribution in [0.2, 0.25) is 0 Å². The summed E-state index contributed by atoms with van der Waals surface area (Å²) in [5.74, 6) is -0.894. The van der Waals surface area contributed by atoms with Crippen LogP contribution in [-0.2, 0) is 28.6 Å². The summed E-state index contributed by atoms with van der Waals surface area (Å²) in [6.45, 7) is 6.48. The molecular formula is C70H120O6. The van der Waals surface area contributed by atoms with E-state index in [1.54, 1.807) is 0 Å². The molecule has 0 aliphatic carbocycles. The summed E-state index contributed by atoms with van der Waals surface area (Å²) in [7, 11) is 0. The van der Waals surface area contributed by atoms with Gasteiger partial charge < -0.3 is 14.2 Å². The first kappa shape index (κ1) is 72.3. The van der Waals surface area contributed by atoms with Crippen molar-refractivity contribution in [2.45, 2.75) is 316 Å². The fourth-order valence-electron chi connectivity index (χ4n) is 9.05. The third kappa shape index (κ3) is 61.2. The maximum absolute atomic E-state index is 12.8. The van der Waals surface area contributed by atoms with Crippen molar-refractivity contribution in [3.8, 4) is 0 Å². The number of rotatable bonds is 58. The van der Waals surface area contributed by atoms with Crippen molar-refractivity contribution in [1.29, 1.82) is 0 Å². The van der Waals surface area contributed by atoms with Crippen molar-refractivity contribution in [1.82, 2.24) is 0 Å². The van der Waals surface area contributed by atoms with Crippen molar-refractivity contribution < 1.29 is 28.6 Å². The van der Waals surface area contributed by atoms with Crippen LogP contribution >= 0.6 is 0 Å². The van der Waals surface area contributed by atoms with E-state index in [1.807, 2.05) is 0 Å². The van der Waals surface area contributed by atoms with Gasteiger partial charge in [0.1, 0.15) is 13.2 Å². The van der Waals surface area contributed by atoms with Crippen LogP contribution in [0.1, 0.15) is 310 Å². The lowest BCUT2D eigenvalue weighted by Crippen LogP contribution is -2.30. The van der Waals surface area contributed by atoms with Crippen molar-refractivity contribution in [2.75, 3.05) is 13.2 Å². The predicted molar refractivity (Wildman–Crippen MR) is 330 cm³/mol. The van der Waals surface area contributed by atoms with Gasteiger partial charge in [-0.2, -0.15) is 0 Å². The predicted octanol–water partition coefficient (Wildman–Crippen LogP) is 22.0. The highest BCUT2D eigenvalue weighted by Gasteiger charge is 2.19. The fourth-order valence-corrected chi connectivity index (χ4v) is 9.05. The normalized spacial score (nSPS) is 12.7. The first-order valence-electron chi connectivity index (χ1n) is 32.2. The Labute approximate surface area is 470 Å². The molecule has 0 fully saturated rings. The Morgan fingerprint density at radius 3 is 0.803 bits per heavy atom. The molecule has 0 aromatic rings. The molecule has 436 valence electrons. The van der Waals surface area contributed by atoms with E-state index in [2.05, 4.69) is 118 Å². The highest BCUT2D eigenvalue weighted by atomic mass is 16.6. The van der Waals surface area contributed by atoms with Gasteiger partial charge in [-0.1, -0.05) is 304 Å². The van der Waals surface area contributed by atoms with Crippen LogP contribution in [0.15, 0.2) is 97.2 Å². The maximum atomic E-state index is 12.8. The average Bonchev–Trinajstić information content (AvgIpc) is 3.42. The molecule has 0 saturated carbocycles. The van der Waals surface area contributed by atoms with Crippen molar-refractivity contribution in [3.05, 3.63) is 97.2 Å². The van der Waals surface area contributed by atoms with Gasteiger partial charge in [-0.05, 0) is 83.5 Å². The Kier molecular flexibility index (Phi) is 60.8. The summed E-state index contributed by atoms with van der Waals surface area (Å²) in [4.78, 5) is 38.0. The third-order valence-corrected chi connectivity index (χ3v) is 13.9. The van der Waals surface area contributed by atoms with E-state index in [1.165, 1.54) is 148 Å². The minimum Gasteiger partial charge on any atom is -0.462 e. The zero-order chi connectivity index (χ0) is 55.0. The molecule has 0 spiro atoms. The molecule has 0 rings (SSSR count). The van der Waals surface area contributed by atoms with E-state index in [9.17, 15) is 14.4 Å². The van der Waals surface area contributed by atoms with Crippen LogP contribution in [0.4, 0.5) is 0 Å². The summed E-state index contributed by atoms with van der Waals surface area (Å²) in [6.07, 6.45) is 85.9. The van der Waals surface area contributed by atoms with Crippen LogP contribution in [0.3, 0.4) is 0 Å². The molecule has 0 aliphatic rings. The quantitative estimate of drug-likeness (QED) is 0.0261. The van der Waals surface area contributed by atoms with E-state index >= 15 is 0 Å². The molecule has 1 unspecified atom stereocenters. The molecule has 0 radical (unpaired) electrons. The Morgan fingerprint density at radius 2 is 0.513 bits per heavy atom. The minimum atomic E-state index is -0.779. The molecule has 6 heteroatoms. The zero-order valence-electron chi connectivity index (χ0n) is 50.0. The Hall–Kier alpha value is -3.67. The number of esters is 3. The molecule has 0 saturated heterocycles. The molecule has 0 aromatic carbocycles. The van der Waals surface area contributed by atoms with Crippen molar-refractivity contribution in [2.24, 2.45) is 0 Å². The van der Waals surface area contributed by atoms with Gasteiger partial charge in [0.05, 0.1) is 0 Å². The molecule has 1 atom stereocenters. The lowest BCUT2D eigenvalue weighted by atomic mass is 10.0.